The minimum atomic E-state index is 0.213. The molecular weight excluding hydrogens is 162 g/mol. The predicted molar refractivity (Wildman–Crippen MR) is 53.8 cm³/mol. The molecule has 0 saturated heterocycles. The van der Waals surface area contributed by atoms with Crippen molar-refractivity contribution in [3.8, 4) is 0 Å². The van der Waals surface area contributed by atoms with Crippen LogP contribution in [-0.2, 0) is 6.42 Å². The maximum atomic E-state index is 8.79. The number of aromatic nitrogens is 1. The van der Waals surface area contributed by atoms with E-state index < -0.39 is 0 Å². The minimum Gasteiger partial charge on any atom is -0.396 e. The second-order valence-corrected chi connectivity index (χ2v) is 3.35. The third-order valence-electron chi connectivity index (χ3n) is 2.22. The van der Waals surface area contributed by atoms with Gasteiger partial charge in [-0.3, -0.25) is 0 Å². The summed E-state index contributed by atoms with van der Waals surface area (Å²) in [6, 6.07) is 8.37. The molecule has 0 atom stereocenters. The summed E-state index contributed by atoms with van der Waals surface area (Å²) in [4.78, 5) is 3.28. The van der Waals surface area contributed by atoms with Crippen LogP contribution in [0.1, 0.15) is 11.3 Å². The van der Waals surface area contributed by atoms with Gasteiger partial charge >= 0.3 is 0 Å². The largest absolute Gasteiger partial charge is 0.396 e. The van der Waals surface area contributed by atoms with Crippen molar-refractivity contribution in [3.63, 3.8) is 0 Å². The fourth-order valence-corrected chi connectivity index (χ4v) is 1.60. The average molecular weight is 175 g/mol. The molecule has 2 heteroatoms. The Balaban J connectivity index is 2.48. The van der Waals surface area contributed by atoms with E-state index in [4.69, 9.17) is 5.11 Å². The number of aromatic amines is 1. The van der Waals surface area contributed by atoms with Crippen LogP contribution in [0.2, 0.25) is 0 Å². The zero-order chi connectivity index (χ0) is 9.26. The molecule has 13 heavy (non-hydrogen) atoms. The monoisotopic (exact) mass is 175 g/mol. The van der Waals surface area contributed by atoms with Gasteiger partial charge in [-0.1, -0.05) is 12.1 Å². The fraction of sp³-hybridized carbons (Fsp3) is 0.273. The van der Waals surface area contributed by atoms with Crippen LogP contribution < -0.4 is 0 Å². The van der Waals surface area contributed by atoms with Gasteiger partial charge in [0.05, 0.1) is 0 Å². The summed E-state index contributed by atoms with van der Waals surface area (Å²) in [5.74, 6) is 0. The molecule has 1 aromatic heterocycles. The van der Waals surface area contributed by atoms with E-state index >= 15 is 0 Å². The van der Waals surface area contributed by atoms with E-state index in [2.05, 4.69) is 29.2 Å². The molecule has 2 nitrogen and oxygen atoms in total. The number of nitrogens with one attached hydrogen (secondary N) is 1. The lowest BCUT2D eigenvalue weighted by molar-refractivity contribution is 0.299. The number of fused-ring (bicyclic) bond motifs is 1. The van der Waals surface area contributed by atoms with Gasteiger partial charge in [0.15, 0.2) is 0 Å². The highest BCUT2D eigenvalue weighted by Crippen LogP contribution is 2.16. The number of rotatable bonds is 2. The molecule has 0 fully saturated rings. The molecule has 0 radical (unpaired) electrons. The van der Waals surface area contributed by atoms with Crippen LogP contribution >= 0.6 is 0 Å². The van der Waals surface area contributed by atoms with Crippen molar-refractivity contribution in [2.24, 2.45) is 0 Å². The van der Waals surface area contributed by atoms with E-state index in [9.17, 15) is 0 Å². The zero-order valence-electron chi connectivity index (χ0n) is 7.67. The average Bonchev–Trinajstić information content (AvgIpc) is 2.44. The van der Waals surface area contributed by atoms with Crippen LogP contribution in [0, 0.1) is 6.92 Å². The lowest BCUT2D eigenvalue weighted by atomic mass is 10.1. The highest BCUT2D eigenvalue weighted by atomic mass is 16.2. The maximum absolute atomic E-state index is 8.79. The Bertz CT molecular complexity index is 417. The number of benzene rings is 1. The topological polar surface area (TPSA) is 36.0 Å². The van der Waals surface area contributed by atoms with Gasteiger partial charge in [0.1, 0.15) is 0 Å². The van der Waals surface area contributed by atoms with E-state index in [1.807, 2.05) is 6.92 Å². The Morgan fingerprint density at radius 3 is 2.92 bits per heavy atom. The minimum absolute atomic E-state index is 0.213. The van der Waals surface area contributed by atoms with Gasteiger partial charge in [0, 0.05) is 17.8 Å². The lowest BCUT2D eigenvalue weighted by Gasteiger charge is -1.97. The summed E-state index contributed by atoms with van der Waals surface area (Å²) in [5.41, 5.74) is 3.51. The molecule has 0 aliphatic heterocycles. The van der Waals surface area contributed by atoms with E-state index in [1.165, 1.54) is 16.6 Å². The molecule has 1 heterocycles. The molecule has 0 aliphatic carbocycles. The predicted octanol–water partition coefficient (Wildman–Crippen LogP) is 2.01. The van der Waals surface area contributed by atoms with Gasteiger partial charge < -0.3 is 10.1 Å². The van der Waals surface area contributed by atoms with Crippen molar-refractivity contribution in [2.75, 3.05) is 6.61 Å². The first kappa shape index (κ1) is 8.32. The first-order valence-corrected chi connectivity index (χ1v) is 4.49. The molecule has 2 aromatic rings. The molecule has 0 aliphatic rings. The van der Waals surface area contributed by atoms with Crippen LogP contribution in [0.3, 0.4) is 0 Å². The first-order chi connectivity index (χ1) is 6.29. The molecule has 0 spiro atoms. The summed E-state index contributed by atoms with van der Waals surface area (Å²) < 4.78 is 0. The van der Waals surface area contributed by atoms with Crippen LogP contribution in [0.5, 0.6) is 0 Å². The Morgan fingerprint density at radius 2 is 2.15 bits per heavy atom. The van der Waals surface area contributed by atoms with Crippen molar-refractivity contribution in [1.29, 1.82) is 0 Å². The second kappa shape index (κ2) is 3.23. The summed E-state index contributed by atoms with van der Waals surface area (Å²) in [6.07, 6.45) is 0.730. The van der Waals surface area contributed by atoms with Gasteiger partial charge in [-0.05, 0) is 36.4 Å². The van der Waals surface area contributed by atoms with Gasteiger partial charge in [-0.15, -0.1) is 0 Å². The molecule has 1 aromatic carbocycles. The van der Waals surface area contributed by atoms with Gasteiger partial charge in [0.2, 0.25) is 0 Å². The molecular formula is C11H13NO. The second-order valence-electron chi connectivity index (χ2n) is 3.35. The normalized spacial score (nSPS) is 10.9. The Hall–Kier alpha value is -1.28. The zero-order valence-corrected chi connectivity index (χ0v) is 7.67. The number of aliphatic hydroxyl groups excluding tert-OH is 1. The van der Waals surface area contributed by atoms with Crippen LogP contribution in [-0.4, -0.2) is 16.7 Å². The molecule has 2 rings (SSSR count). The van der Waals surface area contributed by atoms with Crippen LogP contribution in [0.25, 0.3) is 10.9 Å². The van der Waals surface area contributed by atoms with Crippen molar-refractivity contribution in [2.45, 2.75) is 13.3 Å². The highest BCUT2D eigenvalue weighted by Gasteiger charge is 1.98. The molecule has 0 bridgehead atoms. The standard InChI is InChI=1S/C11H13NO/c1-8-6-10-3-2-9(4-5-13)7-11(10)12-8/h2-3,6-7,12-13H,4-5H2,1H3. The maximum Gasteiger partial charge on any atom is 0.0471 e. The number of hydrogen-bond donors (Lipinski definition) is 2. The quantitative estimate of drug-likeness (QED) is 0.719. The van der Waals surface area contributed by atoms with E-state index in [0.29, 0.717) is 0 Å². The summed E-state index contributed by atoms with van der Waals surface area (Å²) in [7, 11) is 0. The van der Waals surface area contributed by atoms with Gasteiger partial charge in [-0.25, -0.2) is 0 Å². The lowest BCUT2D eigenvalue weighted by Crippen LogP contribution is -1.89. The van der Waals surface area contributed by atoms with Crippen LogP contribution in [0.4, 0.5) is 0 Å². The summed E-state index contributed by atoms with van der Waals surface area (Å²) in [6.45, 7) is 2.26. The number of hydrogen-bond acceptors (Lipinski definition) is 1. The van der Waals surface area contributed by atoms with Crippen molar-refractivity contribution < 1.29 is 5.11 Å². The van der Waals surface area contributed by atoms with Crippen LogP contribution in [0.15, 0.2) is 24.3 Å². The molecule has 0 unspecified atom stereocenters. The fourth-order valence-electron chi connectivity index (χ4n) is 1.60. The smallest absolute Gasteiger partial charge is 0.0471 e. The van der Waals surface area contributed by atoms with E-state index in [-0.39, 0.29) is 6.61 Å². The number of aliphatic hydroxyl groups is 1. The summed E-state index contributed by atoms with van der Waals surface area (Å²) in [5, 5.41) is 10.0. The SMILES string of the molecule is Cc1cc2ccc(CCO)cc2[nH]1. The van der Waals surface area contributed by atoms with E-state index in [1.54, 1.807) is 0 Å². The molecule has 2 N–H and O–H groups in total. The van der Waals surface area contributed by atoms with Crippen molar-refractivity contribution in [1.82, 2.24) is 4.98 Å². The van der Waals surface area contributed by atoms with Gasteiger partial charge in [-0.2, -0.15) is 0 Å². The highest BCUT2D eigenvalue weighted by molar-refractivity contribution is 5.80. The van der Waals surface area contributed by atoms with Crippen molar-refractivity contribution in [3.05, 3.63) is 35.5 Å². The van der Waals surface area contributed by atoms with Gasteiger partial charge in [0.25, 0.3) is 0 Å². The number of aryl methyl sites for hydroxylation is 1. The Labute approximate surface area is 77.2 Å². The molecule has 0 saturated carbocycles. The molecule has 68 valence electrons. The number of H-pyrrole nitrogens is 1. The third kappa shape index (κ3) is 1.58. The van der Waals surface area contributed by atoms with Crippen molar-refractivity contribution >= 4 is 10.9 Å². The molecule has 0 amide bonds. The van der Waals surface area contributed by atoms with E-state index in [0.717, 1.165) is 11.9 Å². The Kier molecular flexibility index (Phi) is 2.07. The Morgan fingerprint density at radius 1 is 1.31 bits per heavy atom. The summed E-state index contributed by atoms with van der Waals surface area (Å²) >= 11 is 0. The first-order valence-electron chi connectivity index (χ1n) is 4.49. The third-order valence-corrected chi connectivity index (χ3v) is 2.22.